The molecule has 0 spiro atoms. The zero-order chi connectivity index (χ0) is 20.6. The van der Waals surface area contributed by atoms with Gasteiger partial charge in [-0.15, -0.1) is 0 Å². The summed E-state index contributed by atoms with van der Waals surface area (Å²) in [6.07, 6.45) is 3.25. The van der Waals surface area contributed by atoms with Gasteiger partial charge in [-0.1, -0.05) is 24.3 Å². The van der Waals surface area contributed by atoms with Crippen LogP contribution in [0.2, 0.25) is 0 Å². The minimum Gasteiger partial charge on any atom is -0.379 e. The molecule has 1 heterocycles. The highest BCUT2D eigenvalue weighted by Gasteiger charge is 2.23. The molecule has 1 aliphatic heterocycles. The lowest BCUT2D eigenvalue weighted by Gasteiger charge is -2.35. The van der Waals surface area contributed by atoms with Crippen molar-refractivity contribution in [1.82, 2.24) is 15.1 Å². The van der Waals surface area contributed by atoms with E-state index in [0.29, 0.717) is 12.2 Å². The summed E-state index contributed by atoms with van der Waals surface area (Å²) in [6.45, 7) is 10.5. The Hall–Kier alpha value is -1.63. The highest BCUT2D eigenvalue weighted by molar-refractivity contribution is 5.79. The smallest absolute Gasteiger partial charge is 0.193 e. The Labute approximate surface area is 176 Å². The molecule has 1 saturated carbocycles. The Kier molecular flexibility index (Phi) is 8.33. The van der Waals surface area contributed by atoms with Crippen LogP contribution in [-0.4, -0.2) is 74.9 Å². The number of likely N-dealkylation sites (N-methyl/N-ethyl adjacent to an activating group) is 1. The Morgan fingerprint density at radius 2 is 1.90 bits per heavy atom. The van der Waals surface area contributed by atoms with E-state index in [0.717, 1.165) is 57.8 Å². The lowest BCUT2D eigenvalue weighted by atomic mass is 10.1. The molecule has 0 amide bonds. The van der Waals surface area contributed by atoms with Crippen LogP contribution in [0.4, 0.5) is 0 Å². The van der Waals surface area contributed by atoms with Gasteiger partial charge in [0.1, 0.15) is 0 Å². The first-order valence-corrected chi connectivity index (χ1v) is 11.0. The monoisotopic (exact) mass is 402 g/mol. The van der Waals surface area contributed by atoms with Gasteiger partial charge in [0.2, 0.25) is 0 Å². The van der Waals surface area contributed by atoms with Crippen molar-refractivity contribution in [2.75, 3.05) is 46.9 Å². The summed E-state index contributed by atoms with van der Waals surface area (Å²) >= 11 is 0. The lowest BCUT2D eigenvalue weighted by molar-refractivity contribution is -0.0705. The first kappa shape index (κ1) is 22.1. The second-order valence-electron chi connectivity index (χ2n) is 8.56. The van der Waals surface area contributed by atoms with Crippen LogP contribution in [0, 0.1) is 5.92 Å². The SMILES string of the molecule is CN=C(NCc1ccccc1CN1CC(C)OC(C)C1)N(C)CCOCC1CC1. The third-order valence-corrected chi connectivity index (χ3v) is 5.64. The number of aliphatic imine (C=N–C) groups is 1. The Morgan fingerprint density at radius 3 is 2.55 bits per heavy atom. The van der Waals surface area contributed by atoms with Gasteiger partial charge in [-0.05, 0) is 43.7 Å². The van der Waals surface area contributed by atoms with Gasteiger partial charge in [-0.3, -0.25) is 9.89 Å². The van der Waals surface area contributed by atoms with Crippen molar-refractivity contribution in [2.24, 2.45) is 10.9 Å². The molecule has 0 radical (unpaired) electrons. The molecule has 1 N–H and O–H groups in total. The fraction of sp³-hybridized carbons (Fsp3) is 0.696. The van der Waals surface area contributed by atoms with E-state index in [-0.39, 0.29) is 0 Å². The van der Waals surface area contributed by atoms with Gasteiger partial charge in [-0.2, -0.15) is 0 Å². The number of nitrogens with one attached hydrogen (secondary N) is 1. The molecule has 1 saturated heterocycles. The van der Waals surface area contributed by atoms with Crippen molar-refractivity contribution in [2.45, 2.75) is 52.0 Å². The fourth-order valence-electron chi connectivity index (χ4n) is 3.94. The van der Waals surface area contributed by atoms with E-state index < -0.39 is 0 Å². The summed E-state index contributed by atoms with van der Waals surface area (Å²) in [7, 11) is 3.91. The largest absolute Gasteiger partial charge is 0.379 e. The number of guanidine groups is 1. The number of morpholine rings is 1. The molecule has 1 aromatic carbocycles. The summed E-state index contributed by atoms with van der Waals surface area (Å²) in [5.74, 6) is 1.72. The molecule has 0 aromatic heterocycles. The number of nitrogens with zero attached hydrogens (tertiary/aromatic N) is 3. The summed E-state index contributed by atoms with van der Waals surface area (Å²) < 4.78 is 11.6. The van der Waals surface area contributed by atoms with Crippen molar-refractivity contribution >= 4 is 5.96 Å². The lowest BCUT2D eigenvalue weighted by Crippen LogP contribution is -2.45. The van der Waals surface area contributed by atoms with Crippen LogP contribution in [0.15, 0.2) is 29.3 Å². The zero-order valence-electron chi connectivity index (χ0n) is 18.6. The van der Waals surface area contributed by atoms with Gasteiger partial charge in [0.05, 0.1) is 18.8 Å². The van der Waals surface area contributed by atoms with Gasteiger partial charge in [-0.25, -0.2) is 0 Å². The van der Waals surface area contributed by atoms with E-state index in [1.54, 1.807) is 0 Å². The standard InChI is InChI=1S/C23H38N4O2/c1-18-14-27(15-19(2)29-18)16-22-8-6-5-7-21(22)13-25-23(24-3)26(4)11-12-28-17-20-9-10-20/h5-8,18-20H,9-17H2,1-4H3,(H,24,25). The molecular formula is C23H38N4O2. The molecule has 1 aromatic rings. The summed E-state index contributed by atoms with van der Waals surface area (Å²) in [5.41, 5.74) is 2.69. The zero-order valence-corrected chi connectivity index (χ0v) is 18.6. The van der Waals surface area contributed by atoms with Crippen molar-refractivity contribution < 1.29 is 9.47 Å². The van der Waals surface area contributed by atoms with Crippen LogP contribution in [0.25, 0.3) is 0 Å². The highest BCUT2D eigenvalue weighted by Crippen LogP contribution is 2.28. The normalized spacial score (nSPS) is 23.2. The van der Waals surface area contributed by atoms with E-state index >= 15 is 0 Å². The predicted octanol–water partition coefficient (Wildman–Crippen LogP) is 2.73. The molecule has 0 bridgehead atoms. The first-order valence-electron chi connectivity index (χ1n) is 11.0. The maximum Gasteiger partial charge on any atom is 0.193 e. The molecule has 2 atom stereocenters. The van der Waals surface area contributed by atoms with E-state index in [9.17, 15) is 0 Å². The summed E-state index contributed by atoms with van der Waals surface area (Å²) in [5, 5.41) is 3.52. The van der Waals surface area contributed by atoms with Crippen LogP contribution >= 0.6 is 0 Å². The van der Waals surface area contributed by atoms with E-state index in [4.69, 9.17) is 9.47 Å². The van der Waals surface area contributed by atoms with E-state index in [1.807, 2.05) is 7.05 Å². The number of rotatable bonds is 9. The van der Waals surface area contributed by atoms with Gasteiger partial charge < -0.3 is 19.7 Å². The van der Waals surface area contributed by atoms with E-state index in [1.165, 1.54) is 24.0 Å². The second kappa shape index (κ2) is 11.0. The maximum absolute atomic E-state index is 5.88. The molecular weight excluding hydrogens is 364 g/mol. The van der Waals surface area contributed by atoms with Crippen LogP contribution in [0.5, 0.6) is 0 Å². The summed E-state index contributed by atoms with van der Waals surface area (Å²) in [6, 6.07) is 8.69. The molecule has 2 unspecified atom stereocenters. The molecule has 2 aliphatic rings. The molecule has 29 heavy (non-hydrogen) atoms. The highest BCUT2D eigenvalue weighted by atomic mass is 16.5. The molecule has 1 aliphatic carbocycles. The first-order chi connectivity index (χ1) is 14.0. The predicted molar refractivity (Wildman–Crippen MR) is 118 cm³/mol. The van der Waals surface area contributed by atoms with E-state index in [2.05, 4.69) is 65.3 Å². The Morgan fingerprint density at radius 1 is 1.21 bits per heavy atom. The van der Waals surface area contributed by atoms with Gasteiger partial charge in [0, 0.05) is 53.4 Å². The van der Waals surface area contributed by atoms with Crippen LogP contribution < -0.4 is 5.32 Å². The van der Waals surface area contributed by atoms with Crippen molar-refractivity contribution in [1.29, 1.82) is 0 Å². The molecule has 2 fully saturated rings. The molecule has 3 rings (SSSR count). The number of benzene rings is 1. The van der Waals surface area contributed by atoms with Crippen molar-refractivity contribution in [3.63, 3.8) is 0 Å². The van der Waals surface area contributed by atoms with Gasteiger partial charge >= 0.3 is 0 Å². The maximum atomic E-state index is 5.88. The van der Waals surface area contributed by atoms with Crippen molar-refractivity contribution in [3.05, 3.63) is 35.4 Å². The minimum absolute atomic E-state index is 0.290. The van der Waals surface area contributed by atoms with Crippen LogP contribution in [-0.2, 0) is 22.6 Å². The number of ether oxygens (including phenoxy) is 2. The van der Waals surface area contributed by atoms with Crippen molar-refractivity contribution in [3.8, 4) is 0 Å². The molecule has 6 heteroatoms. The average molecular weight is 403 g/mol. The molecule has 162 valence electrons. The summed E-state index contributed by atoms with van der Waals surface area (Å²) in [4.78, 5) is 9.08. The van der Waals surface area contributed by atoms with Gasteiger partial charge in [0.15, 0.2) is 5.96 Å². The fourth-order valence-corrected chi connectivity index (χ4v) is 3.94. The minimum atomic E-state index is 0.290. The van der Waals surface area contributed by atoms with Crippen LogP contribution in [0.3, 0.4) is 0 Å². The topological polar surface area (TPSA) is 49.3 Å². The third kappa shape index (κ3) is 7.28. The average Bonchev–Trinajstić information content (AvgIpc) is 3.50. The Bertz CT molecular complexity index is 652. The second-order valence-corrected chi connectivity index (χ2v) is 8.56. The van der Waals surface area contributed by atoms with Gasteiger partial charge in [0.25, 0.3) is 0 Å². The number of hydrogen-bond acceptors (Lipinski definition) is 4. The quantitative estimate of drug-likeness (QED) is 0.391. The number of hydrogen-bond donors (Lipinski definition) is 1. The Balaban J connectivity index is 1.49. The van der Waals surface area contributed by atoms with Crippen LogP contribution in [0.1, 0.15) is 37.8 Å². The third-order valence-electron chi connectivity index (χ3n) is 5.64. The molecule has 6 nitrogen and oxygen atoms in total.